The molecule has 1 saturated carbocycles. The Kier molecular flexibility index (Phi) is 8.69. The van der Waals surface area contributed by atoms with Crippen LogP contribution in [0.25, 0.3) is 0 Å². The Bertz CT molecular complexity index is 1370. The van der Waals surface area contributed by atoms with E-state index in [4.69, 9.17) is 21.9 Å². The van der Waals surface area contributed by atoms with E-state index in [1.807, 2.05) is 54.6 Å². The quantitative estimate of drug-likeness (QED) is 0.356. The number of hydrogen-bond acceptors (Lipinski definition) is 6. The van der Waals surface area contributed by atoms with Gasteiger partial charge >= 0.3 is 0 Å². The number of hydrogen-bond donors (Lipinski definition) is 1. The average molecular weight is 558 g/mol. The zero-order chi connectivity index (χ0) is 28.1. The Morgan fingerprint density at radius 2 is 1.90 bits per heavy atom. The van der Waals surface area contributed by atoms with Crippen molar-refractivity contribution in [3.8, 4) is 0 Å². The lowest BCUT2D eigenvalue weighted by molar-refractivity contribution is -0.132. The number of thiocarbonyl (C=S) groups is 1. The number of rotatable bonds is 10. The lowest BCUT2D eigenvalue weighted by Gasteiger charge is -2.29. The maximum absolute atomic E-state index is 14.0. The van der Waals surface area contributed by atoms with Gasteiger partial charge in [-0.3, -0.25) is 14.2 Å². The summed E-state index contributed by atoms with van der Waals surface area (Å²) in [6, 6.07) is 17.4. The molecule has 8 nitrogen and oxygen atoms in total. The number of benzodiazepines with no additional fused rings is 1. The van der Waals surface area contributed by atoms with E-state index in [1.54, 1.807) is 35.2 Å². The molecule has 2 aromatic carbocycles. The zero-order valence-corrected chi connectivity index (χ0v) is 23.7. The van der Waals surface area contributed by atoms with Crippen molar-refractivity contribution in [1.82, 2.24) is 14.9 Å². The van der Waals surface area contributed by atoms with Crippen LogP contribution >= 0.6 is 12.2 Å². The van der Waals surface area contributed by atoms with E-state index in [-0.39, 0.29) is 17.0 Å². The number of fused-ring (bicyclic) bond motifs is 1. The van der Waals surface area contributed by atoms with Crippen LogP contribution in [-0.2, 0) is 14.3 Å². The zero-order valence-electron chi connectivity index (χ0n) is 22.9. The SMILES string of the molecule is CCCCC(OC(=S)n1ccnc1)C(CC1CC1)C(=O)N[C@H]1N=C(c2ccccc2)c2ccccc2N(C)C1=O. The number of imidazole rings is 1. The van der Waals surface area contributed by atoms with Crippen LogP contribution in [0.15, 0.2) is 78.3 Å². The van der Waals surface area contributed by atoms with Crippen LogP contribution in [0.2, 0.25) is 0 Å². The first kappa shape index (κ1) is 27.7. The predicted octanol–water partition coefficient (Wildman–Crippen LogP) is 4.96. The summed E-state index contributed by atoms with van der Waals surface area (Å²) < 4.78 is 7.91. The molecule has 3 aromatic rings. The van der Waals surface area contributed by atoms with Gasteiger partial charge in [-0.2, -0.15) is 0 Å². The maximum Gasteiger partial charge on any atom is 0.272 e. The highest BCUT2D eigenvalue weighted by atomic mass is 32.1. The van der Waals surface area contributed by atoms with Gasteiger partial charge < -0.3 is 15.0 Å². The summed E-state index contributed by atoms with van der Waals surface area (Å²) in [5.41, 5.74) is 3.13. The molecule has 0 saturated heterocycles. The summed E-state index contributed by atoms with van der Waals surface area (Å²) in [5, 5.41) is 3.27. The minimum atomic E-state index is -1.07. The Morgan fingerprint density at radius 1 is 1.15 bits per heavy atom. The van der Waals surface area contributed by atoms with Gasteiger partial charge in [0.05, 0.1) is 17.3 Å². The molecule has 1 aromatic heterocycles. The first-order chi connectivity index (χ1) is 19.5. The Morgan fingerprint density at radius 3 is 2.60 bits per heavy atom. The second kappa shape index (κ2) is 12.6. The third kappa shape index (κ3) is 6.31. The number of carbonyl (C=O) groups excluding carboxylic acids is 2. The maximum atomic E-state index is 14.0. The highest BCUT2D eigenvalue weighted by Gasteiger charge is 2.39. The van der Waals surface area contributed by atoms with Crippen LogP contribution in [0.1, 0.15) is 56.6 Å². The number of carbonyl (C=O) groups is 2. The molecule has 2 aliphatic rings. The van der Waals surface area contributed by atoms with E-state index in [1.165, 1.54) is 0 Å². The van der Waals surface area contributed by atoms with Crippen molar-refractivity contribution in [3.63, 3.8) is 0 Å². The van der Waals surface area contributed by atoms with Gasteiger partial charge in [0.25, 0.3) is 11.1 Å². The van der Waals surface area contributed by atoms with E-state index in [9.17, 15) is 9.59 Å². The lowest BCUT2D eigenvalue weighted by Crippen LogP contribution is -2.50. The van der Waals surface area contributed by atoms with E-state index in [0.29, 0.717) is 24.5 Å². The van der Waals surface area contributed by atoms with Crippen molar-refractivity contribution in [2.75, 3.05) is 11.9 Å². The summed E-state index contributed by atoms with van der Waals surface area (Å²) in [6.45, 7) is 2.11. The minimum absolute atomic E-state index is 0.240. The first-order valence-corrected chi connectivity index (χ1v) is 14.4. The molecule has 3 atom stereocenters. The number of para-hydroxylation sites is 1. The van der Waals surface area contributed by atoms with Gasteiger partial charge in [0.15, 0.2) is 0 Å². The second-order valence-corrected chi connectivity index (χ2v) is 10.8. The number of nitrogens with zero attached hydrogens (tertiary/aromatic N) is 4. The van der Waals surface area contributed by atoms with Gasteiger partial charge in [0.2, 0.25) is 12.1 Å². The monoisotopic (exact) mass is 557 g/mol. The molecular formula is C31H35N5O3S. The summed E-state index contributed by atoms with van der Waals surface area (Å²) in [6.07, 6.45) is 8.85. The van der Waals surface area contributed by atoms with Crippen LogP contribution in [-0.4, -0.2) is 51.6 Å². The molecular weight excluding hydrogens is 522 g/mol. The standard InChI is InChI=1S/C31H35N5O3S/c1-3-4-14-26(39-31(40)36-18-17-32-20-36)24(19-21-15-16-21)29(37)34-28-30(38)35(2)25-13-9-8-12-23(25)27(33-28)22-10-6-5-7-11-22/h5-13,17-18,20-21,24,26,28H,3-4,14-16,19H2,1-2H3,(H,34,37)/t24?,26?,28-/m1/s1. The van der Waals surface area contributed by atoms with Crippen LogP contribution in [0.3, 0.4) is 0 Å². The van der Waals surface area contributed by atoms with Gasteiger partial charge in [0.1, 0.15) is 12.4 Å². The summed E-state index contributed by atoms with van der Waals surface area (Å²) in [4.78, 5) is 38.2. The van der Waals surface area contributed by atoms with Crippen molar-refractivity contribution in [2.24, 2.45) is 16.8 Å². The molecule has 2 amide bonds. The molecule has 0 spiro atoms. The molecule has 1 aliphatic heterocycles. The minimum Gasteiger partial charge on any atom is -0.466 e. The third-order valence-electron chi connectivity index (χ3n) is 7.55. The number of likely N-dealkylation sites (N-methyl/N-ethyl adjacent to an activating group) is 1. The summed E-state index contributed by atoms with van der Waals surface area (Å²) >= 11 is 5.55. The van der Waals surface area contributed by atoms with Crippen molar-refractivity contribution in [3.05, 3.63) is 84.4 Å². The fourth-order valence-electron chi connectivity index (χ4n) is 5.13. The fourth-order valence-corrected chi connectivity index (χ4v) is 5.36. The van der Waals surface area contributed by atoms with Gasteiger partial charge in [-0.15, -0.1) is 0 Å². The second-order valence-electron chi connectivity index (χ2n) is 10.5. The number of aromatic nitrogens is 2. The number of ether oxygens (including phenoxy) is 1. The number of nitrogens with one attached hydrogen (secondary N) is 1. The normalized spacial score (nSPS) is 18.2. The number of anilines is 1. The van der Waals surface area contributed by atoms with Crippen molar-refractivity contribution < 1.29 is 14.3 Å². The van der Waals surface area contributed by atoms with E-state index in [2.05, 4.69) is 17.2 Å². The average Bonchev–Trinajstić information content (AvgIpc) is 3.65. The lowest BCUT2D eigenvalue weighted by atomic mass is 9.91. The number of unbranched alkanes of at least 4 members (excludes halogenated alkanes) is 1. The molecule has 9 heteroatoms. The molecule has 5 rings (SSSR count). The molecule has 1 N–H and O–H groups in total. The van der Waals surface area contributed by atoms with Crippen LogP contribution < -0.4 is 10.2 Å². The highest BCUT2D eigenvalue weighted by Crippen LogP contribution is 2.38. The molecule has 1 aliphatic carbocycles. The smallest absolute Gasteiger partial charge is 0.272 e. The van der Waals surface area contributed by atoms with E-state index in [0.717, 1.165) is 42.5 Å². The topological polar surface area (TPSA) is 88.8 Å². The molecule has 2 unspecified atom stereocenters. The summed E-state index contributed by atoms with van der Waals surface area (Å²) in [5.74, 6) is -0.544. The third-order valence-corrected chi connectivity index (χ3v) is 7.86. The fraction of sp³-hybridized carbons (Fsp3) is 0.387. The Balaban J connectivity index is 1.45. The Hall–Kier alpha value is -3.85. The first-order valence-electron chi connectivity index (χ1n) is 14.0. The Labute approximate surface area is 240 Å². The number of amides is 2. The van der Waals surface area contributed by atoms with Crippen LogP contribution in [0, 0.1) is 11.8 Å². The number of aliphatic imine (C=N–C) groups is 1. The predicted molar refractivity (Wildman–Crippen MR) is 159 cm³/mol. The molecule has 0 radical (unpaired) electrons. The molecule has 208 valence electrons. The number of benzene rings is 2. The molecule has 40 heavy (non-hydrogen) atoms. The largest absolute Gasteiger partial charge is 0.466 e. The van der Waals surface area contributed by atoms with E-state index >= 15 is 0 Å². The van der Waals surface area contributed by atoms with Crippen molar-refractivity contribution in [2.45, 2.75) is 57.7 Å². The van der Waals surface area contributed by atoms with Gasteiger partial charge in [-0.05, 0) is 37.0 Å². The van der Waals surface area contributed by atoms with Gasteiger partial charge in [-0.25, -0.2) is 9.98 Å². The summed E-state index contributed by atoms with van der Waals surface area (Å²) in [7, 11) is 1.72. The molecule has 1 fully saturated rings. The molecule has 2 heterocycles. The highest BCUT2D eigenvalue weighted by molar-refractivity contribution is 7.80. The van der Waals surface area contributed by atoms with E-state index < -0.39 is 18.2 Å². The van der Waals surface area contributed by atoms with Crippen molar-refractivity contribution in [1.29, 1.82) is 0 Å². The van der Waals surface area contributed by atoms with Crippen molar-refractivity contribution >= 4 is 40.6 Å². The van der Waals surface area contributed by atoms with Crippen LogP contribution in [0.5, 0.6) is 0 Å². The van der Waals surface area contributed by atoms with Gasteiger partial charge in [0, 0.05) is 30.6 Å². The van der Waals surface area contributed by atoms with Crippen LogP contribution in [0.4, 0.5) is 5.69 Å². The molecule has 0 bridgehead atoms. The van der Waals surface area contributed by atoms with Gasteiger partial charge in [-0.1, -0.05) is 81.1 Å².